The van der Waals surface area contributed by atoms with Crippen molar-refractivity contribution >= 4 is 21.7 Å². The molecule has 6 nitrogen and oxygen atoms in total. The summed E-state index contributed by atoms with van der Waals surface area (Å²) in [7, 11) is -2.09. The second kappa shape index (κ2) is 9.10. The molecule has 152 valence electrons. The smallest absolute Gasteiger partial charge is 0.340 e. The quantitative estimate of drug-likeness (QED) is 0.494. The maximum atomic E-state index is 12.4. The fraction of sp³-hybridized carbons (Fsp3) is 0.381. The Morgan fingerprint density at radius 3 is 2.39 bits per heavy atom. The first kappa shape index (κ1) is 21.8. The van der Waals surface area contributed by atoms with E-state index in [1.807, 2.05) is 25.1 Å². The van der Waals surface area contributed by atoms with Crippen molar-refractivity contribution in [2.45, 2.75) is 26.7 Å². The van der Waals surface area contributed by atoms with Gasteiger partial charge in [-0.15, -0.1) is 0 Å². The number of ether oxygens (including phenoxy) is 2. The van der Waals surface area contributed by atoms with E-state index in [0.29, 0.717) is 5.92 Å². The summed E-state index contributed by atoms with van der Waals surface area (Å²) < 4.78 is 35.5. The molecule has 2 aromatic carbocycles. The number of hydrogen-bond acceptors (Lipinski definition) is 5. The minimum absolute atomic E-state index is 0.0563. The van der Waals surface area contributed by atoms with Crippen LogP contribution in [0, 0.1) is 6.92 Å². The Labute approximate surface area is 167 Å². The molecule has 28 heavy (non-hydrogen) atoms. The molecule has 0 heterocycles. The van der Waals surface area contributed by atoms with Gasteiger partial charge < -0.3 is 9.47 Å². The third-order valence-corrected chi connectivity index (χ3v) is 5.60. The van der Waals surface area contributed by atoms with Crippen molar-refractivity contribution in [3.8, 4) is 5.75 Å². The standard InChI is InChI=1S/C21H27NO5S/c1-15(2)18-11-10-17(14-16(18)3)26-12-13-27-21(23)19-8-6-7-9-20(19)22(4)28(5,24)25/h6-11,14-15H,12-13H2,1-5H3. The van der Waals surface area contributed by atoms with Gasteiger partial charge in [0.2, 0.25) is 10.0 Å². The highest BCUT2D eigenvalue weighted by Gasteiger charge is 2.20. The van der Waals surface area contributed by atoms with Crippen LogP contribution in [0.5, 0.6) is 5.75 Å². The molecule has 0 aliphatic heterocycles. The molecule has 0 saturated carbocycles. The Kier molecular flexibility index (Phi) is 7.07. The minimum atomic E-state index is -3.49. The van der Waals surface area contributed by atoms with Gasteiger partial charge in [0.1, 0.15) is 19.0 Å². The highest BCUT2D eigenvalue weighted by molar-refractivity contribution is 7.92. The van der Waals surface area contributed by atoms with Gasteiger partial charge in [0, 0.05) is 7.05 Å². The summed E-state index contributed by atoms with van der Waals surface area (Å²) in [5.41, 5.74) is 2.89. The maximum Gasteiger partial charge on any atom is 0.340 e. The summed E-state index contributed by atoms with van der Waals surface area (Å²) in [4.78, 5) is 12.4. The van der Waals surface area contributed by atoms with E-state index in [1.54, 1.807) is 18.2 Å². The van der Waals surface area contributed by atoms with E-state index in [4.69, 9.17) is 9.47 Å². The van der Waals surface area contributed by atoms with Gasteiger partial charge in [-0.05, 0) is 48.2 Å². The monoisotopic (exact) mass is 405 g/mol. The fourth-order valence-electron chi connectivity index (χ4n) is 2.86. The molecule has 0 unspecified atom stereocenters. The number of anilines is 1. The van der Waals surface area contributed by atoms with E-state index >= 15 is 0 Å². The molecular weight excluding hydrogens is 378 g/mol. The van der Waals surface area contributed by atoms with Gasteiger partial charge in [-0.25, -0.2) is 13.2 Å². The number of benzene rings is 2. The molecule has 0 aliphatic rings. The highest BCUT2D eigenvalue weighted by Crippen LogP contribution is 2.24. The summed E-state index contributed by atoms with van der Waals surface area (Å²) in [5, 5.41) is 0. The van der Waals surface area contributed by atoms with Crippen LogP contribution in [0.15, 0.2) is 42.5 Å². The first-order valence-corrected chi connectivity index (χ1v) is 10.9. The number of nitrogens with zero attached hydrogens (tertiary/aromatic N) is 1. The summed E-state index contributed by atoms with van der Waals surface area (Å²) in [6, 6.07) is 12.3. The second-order valence-corrected chi connectivity index (χ2v) is 8.92. The second-order valence-electron chi connectivity index (χ2n) is 6.91. The van der Waals surface area contributed by atoms with Gasteiger partial charge in [0.15, 0.2) is 0 Å². The summed E-state index contributed by atoms with van der Waals surface area (Å²) >= 11 is 0. The third kappa shape index (κ3) is 5.48. The lowest BCUT2D eigenvalue weighted by Gasteiger charge is -2.19. The lowest BCUT2D eigenvalue weighted by atomic mass is 9.98. The topological polar surface area (TPSA) is 72.9 Å². The predicted octanol–water partition coefficient (Wildman–Crippen LogP) is 3.75. The van der Waals surface area contributed by atoms with Gasteiger partial charge in [0.25, 0.3) is 0 Å². The number of rotatable bonds is 8. The van der Waals surface area contributed by atoms with Crippen LogP contribution in [0.2, 0.25) is 0 Å². The SMILES string of the molecule is Cc1cc(OCCOC(=O)c2ccccc2N(C)S(C)(=O)=O)ccc1C(C)C. The van der Waals surface area contributed by atoms with E-state index in [-0.39, 0.29) is 24.5 Å². The zero-order valence-electron chi connectivity index (χ0n) is 16.9. The molecule has 0 amide bonds. The van der Waals surface area contributed by atoms with Gasteiger partial charge in [0.05, 0.1) is 17.5 Å². The van der Waals surface area contributed by atoms with Crippen LogP contribution in [-0.4, -0.2) is 40.9 Å². The number of para-hydroxylation sites is 1. The highest BCUT2D eigenvalue weighted by atomic mass is 32.2. The maximum absolute atomic E-state index is 12.4. The Hall–Kier alpha value is -2.54. The van der Waals surface area contributed by atoms with Gasteiger partial charge >= 0.3 is 5.97 Å². The molecule has 0 bridgehead atoms. The third-order valence-electron chi connectivity index (χ3n) is 4.41. The molecule has 0 aromatic heterocycles. The lowest BCUT2D eigenvalue weighted by Crippen LogP contribution is -2.27. The van der Waals surface area contributed by atoms with E-state index in [1.165, 1.54) is 18.7 Å². The Morgan fingerprint density at radius 2 is 1.79 bits per heavy atom. The Balaban J connectivity index is 1.96. The number of esters is 1. The molecule has 7 heteroatoms. The number of sulfonamides is 1. The van der Waals surface area contributed by atoms with Gasteiger partial charge in [-0.1, -0.05) is 32.0 Å². The van der Waals surface area contributed by atoms with E-state index in [9.17, 15) is 13.2 Å². The van der Waals surface area contributed by atoms with Crippen LogP contribution >= 0.6 is 0 Å². The summed E-state index contributed by atoms with van der Waals surface area (Å²) in [6.07, 6.45) is 1.08. The zero-order valence-corrected chi connectivity index (χ0v) is 17.7. The van der Waals surface area contributed by atoms with Crippen LogP contribution in [0.1, 0.15) is 41.3 Å². The van der Waals surface area contributed by atoms with Crippen LogP contribution in [0.25, 0.3) is 0 Å². The zero-order chi connectivity index (χ0) is 20.9. The van der Waals surface area contributed by atoms with Crippen LogP contribution in [0.4, 0.5) is 5.69 Å². The minimum Gasteiger partial charge on any atom is -0.490 e. The predicted molar refractivity (Wildman–Crippen MR) is 111 cm³/mol. The first-order valence-electron chi connectivity index (χ1n) is 9.04. The van der Waals surface area contributed by atoms with Gasteiger partial charge in [-0.2, -0.15) is 0 Å². The first-order chi connectivity index (χ1) is 13.1. The van der Waals surface area contributed by atoms with Crippen molar-refractivity contribution < 1.29 is 22.7 Å². The number of carbonyl (C=O) groups excluding carboxylic acids is 1. The number of aryl methyl sites for hydroxylation is 1. The molecule has 0 spiro atoms. The average molecular weight is 406 g/mol. The van der Waals surface area contributed by atoms with Crippen molar-refractivity contribution in [3.63, 3.8) is 0 Å². The Morgan fingerprint density at radius 1 is 1.11 bits per heavy atom. The summed E-state index contributed by atoms with van der Waals surface area (Å²) in [6.45, 7) is 6.58. The molecule has 2 aromatic rings. The molecule has 0 radical (unpaired) electrons. The molecule has 2 rings (SSSR count). The lowest BCUT2D eigenvalue weighted by molar-refractivity contribution is 0.0451. The van der Waals surface area contributed by atoms with Gasteiger partial charge in [-0.3, -0.25) is 4.31 Å². The number of carbonyl (C=O) groups is 1. The summed E-state index contributed by atoms with van der Waals surface area (Å²) in [5.74, 6) is 0.566. The van der Waals surface area contributed by atoms with E-state index in [2.05, 4.69) is 13.8 Å². The van der Waals surface area contributed by atoms with Crippen molar-refractivity contribution in [3.05, 3.63) is 59.2 Å². The van der Waals surface area contributed by atoms with Crippen molar-refractivity contribution in [2.75, 3.05) is 30.8 Å². The average Bonchev–Trinajstić information content (AvgIpc) is 2.63. The van der Waals surface area contributed by atoms with Crippen molar-refractivity contribution in [1.82, 2.24) is 0 Å². The Bertz CT molecular complexity index is 938. The largest absolute Gasteiger partial charge is 0.490 e. The normalized spacial score (nSPS) is 11.4. The molecule has 0 atom stereocenters. The van der Waals surface area contributed by atoms with E-state index in [0.717, 1.165) is 21.9 Å². The van der Waals surface area contributed by atoms with Crippen LogP contribution < -0.4 is 9.04 Å². The number of hydrogen-bond donors (Lipinski definition) is 0. The molecule has 0 saturated heterocycles. The van der Waals surface area contributed by atoms with Crippen LogP contribution in [0.3, 0.4) is 0 Å². The molecule has 0 N–H and O–H groups in total. The van der Waals surface area contributed by atoms with Crippen molar-refractivity contribution in [1.29, 1.82) is 0 Å². The molecular formula is C21H27NO5S. The van der Waals surface area contributed by atoms with E-state index < -0.39 is 16.0 Å². The fourth-order valence-corrected chi connectivity index (χ4v) is 3.37. The van der Waals surface area contributed by atoms with Crippen molar-refractivity contribution in [2.24, 2.45) is 0 Å². The molecule has 0 fully saturated rings. The van der Waals surface area contributed by atoms with Crippen LogP contribution in [-0.2, 0) is 14.8 Å². The molecule has 0 aliphatic carbocycles.